The third kappa shape index (κ3) is 3.41. The molecule has 0 saturated carbocycles. The minimum atomic E-state index is -0.474. The zero-order valence-corrected chi connectivity index (χ0v) is 8.87. The Balaban J connectivity index is 2.70. The number of nitro groups is 1. The van der Waals surface area contributed by atoms with Crippen LogP contribution in [0.1, 0.15) is 6.42 Å². The molecule has 6 heteroatoms. The lowest BCUT2D eigenvalue weighted by Crippen LogP contribution is -1.94. The van der Waals surface area contributed by atoms with Gasteiger partial charge in [0.15, 0.2) is 0 Å². The van der Waals surface area contributed by atoms with E-state index in [2.05, 4.69) is 0 Å². The Kier molecular flexibility index (Phi) is 4.38. The van der Waals surface area contributed by atoms with Gasteiger partial charge in [-0.25, -0.2) is 0 Å². The van der Waals surface area contributed by atoms with Crippen LogP contribution in [-0.4, -0.2) is 22.4 Å². The van der Waals surface area contributed by atoms with Gasteiger partial charge in [-0.05, 0) is 12.5 Å². The van der Waals surface area contributed by atoms with Crippen LogP contribution in [0.15, 0.2) is 23.1 Å². The molecule has 82 valence electrons. The van der Waals surface area contributed by atoms with Crippen molar-refractivity contribution in [3.05, 3.63) is 28.3 Å². The van der Waals surface area contributed by atoms with Crippen molar-refractivity contribution in [1.29, 1.82) is 0 Å². The molecule has 0 spiro atoms. The summed E-state index contributed by atoms with van der Waals surface area (Å²) in [6.07, 6.45) is 0.682. The largest absolute Gasteiger partial charge is 0.398 e. The Hall–Kier alpha value is -1.27. The van der Waals surface area contributed by atoms with Gasteiger partial charge in [0.05, 0.1) is 10.6 Å². The van der Waals surface area contributed by atoms with Crippen molar-refractivity contribution in [2.45, 2.75) is 11.3 Å². The third-order valence-electron chi connectivity index (χ3n) is 1.76. The monoisotopic (exact) mass is 228 g/mol. The maximum atomic E-state index is 10.4. The molecule has 0 aliphatic carbocycles. The zero-order valence-electron chi connectivity index (χ0n) is 8.05. The number of hydrogen-bond acceptors (Lipinski definition) is 5. The van der Waals surface area contributed by atoms with Crippen molar-refractivity contribution in [3.63, 3.8) is 0 Å². The maximum absolute atomic E-state index is 10.4. The molecule has 0 aromatic heterocycles. The van der Waals surface area contributed by atoms with Crippen molar-refractivity contribution in [2.75, 3.05) is 18.1 Å². The first-order valence-corrected chi connectivity index (χ1v) is 5.41. The number of non-ortho nitro benzene ring substituents is 1. The number of anilines is 1. The van der Waals surface area contributed by atoms with Crippen molar-refractivity contribution in [3.8, 4) is 0 Å². The van der Waals surface area contributed by atoms with E-state index in [0.717, 1.165) is 10.6 Å². The number of nitrogen functional groups attached to an aromatic ring is 1. The van der Waals surface area contributed by atoms with Crippen LogP contribution in [0.2, 0.25) is 0 Å². The summed E-state index contributed by atoms with van der Waals surface area (Å²) in [6, 6.07) is 4.41. The lowest BCUT2D eigenvalue weighted by atomic mass is 10.3. The van der Waals surface area contributed by atoms with Crippen molar-refractivity contribution < 1.29 is 10.0 Å². The maximum Gasteiger partial charge on any atom is 0.271 e. The standard InChI is InChI=1S/C9H12N2O3S/c10-8-6-7(11(13)14)2-3-9(8)15-5-1-4-12/h2-3,6,12H,1,4-5,10H2. The van der Waals surface area contributed by atoms with E-state index in [0.29, 0.717) is 12.1 Å². The smallest absolute Gasteiger partial charge is 0.271 e. The molecule has 1 rings (SSSR count). The molecule has 1 aromatic carbocycles. The summed E-state index contributed by atoms with van der Waals surface area (Å²) in [6.45, 7) is 0.139. The molecule has 5 nitrogen and oxygen atoms in total. The SMILES string of the molecule is Nc1cc([N+](=O)[O-])ccc1SCCCO. The van der Waals surface area contributed by atoms with Gasteiger partial charge < -0.3 is 10.8 Å². The number of nitro benzene ring substituents is 1. The van der Waals surface area contributed by atoms with Crippen molar-refractivity contribution >= 4 is 23.1 Å². The number of aliphatic hydroxyl groups excluding tert-OH is 1. The fraction of sp³-hybridized carbons (Fsp3) is 0.333. The lowest BCUT2D eigenvalue weighted by molar-refractivity contribution is -0.384. The molecular formula is C9H12N2O3S. The zero-order chi connectivity index (χ0) is 11.3. The van der Waals surface area contributed by atoms with Crippen molar-refractivity contribution in [2.24, 2.45) is 0 Å². The normalized spacial score (nSPS) is 10.2. The van der Waals surface area contributed by atoms with Crippen LogP contribution >= 0.6 is 11.8 Å². The summed E-state index contributed by atoms with van der Waals surface area (Å²) in [7, 11) is 0. The van der Waals surface area contributed by atoms with E-state index in [9.17, 15) is 10.1 Å². The Morgan fingerprint density at radius 1 is 1.53 bits per heavy atom. The van der Waals surface area contributed by atoms with Crippen LogP contribution in [0.3, 0.4) is 0 Å². The first kappa shape index (κ1) is 11.8. The van der Waals surface area contributed by atoms with E-state index in [-0.39, 0.29) is 12.3 Å². The van der Waals surface area contributed by atoms with E-state index >= 15 is 0 Å². The van der Waals surface area contributed by atoms with Gasteiger partial charge in [-0.1, -0.05) is 0 Å². The van der Waals surface area contributed by atoms with E-state index < -0.39 is 4.92 Å². The Morgan fingerprint density at radius 3 is 2.80 bits per heavy atom. The van der Waals surface area contributed by atoms with Gasteiger partial charge >= 0.3 is 0 Å². The molecule has 0 fully saturated rings. The van der Waals surface area contributed by atoms with Gasteiger partial charge in [0.1, 0.15) is 0 Å². The highest BCUT2D eigenvalue weighted by Crippen LogP contribution is 2.28. The van der Waals surface area contributed by atoms with Crippen LogP contribution in [-0.2, 0) is 0 Å². The average Bonchev–Trinajstić information content (AvgIpc) is 2.20. The summed E-state index contributed by atoms with van der Waals surface area (Å²) < 4.78 is 0. The molecule has 0 aliphatic rings. The number of nitrogens with two attached hydrogens (primary N) is 1. The minimum absolute atomic E-state index is 0.000918. The number of rotatable bonds is 5. The van der Waals surface area contributed by atoms with Gasteiger partial charge in [0, 0.05) is 29.4 Å². The molecule has 0 radical (unpaired) electrons. The summed E-state index contributed by atoms with van der Waals surface area (Å²) >= 11 is 1.48. The fourth-order valence-electron chi connectivity index (χ4n) is 1.03. The van der Waals surface area contributed by atoms with Crippen LogP contribution in [0.4, 0.5) is 11.4 Å². The number of hydrogen-bond donors (Lipinski definition) is 2. The second-order valence-electron chi connectivity index (χ2n) is 2.90. The Bertz CT molecular complexity index is 357. The lowest BCUT2D eigenvalue weighted by Gasteiger charge is -2.03. The fourth-order valence-corrected chi connectivity index (χ4v) is 1.91. The molecule has 0 saturated heterocycles. The predicted molar refractivity (Wildman–Crippen MR) is 59.9 cm³/mol. The van der Waals surface area contributed by atoms with Gasteiger partial charge in [-0.2, -0.15) is 0 Å². The average molecular weight is 228 g/mol. The highest BCUT2D eigenvalue weighted by molar-refractivity contribution is 7.99. The second kappa shape index (κ2) is 5.57. The Morgan fingerprint density at radius 2 is 2.27 bits per heavy atom. The molecule has 0 bridgehead atoms. The molecule has 3 N–H and O–H groups in total. The highest BCUT2D eigenvalue weighted by Gasteiger charge is 2.08. The van der Waals surface area contributed by atoms with Gasteiger partial charge in [-0.3, -0.25) is 10.1 Å². The van der Waals surface area contributed by atoms with Crippen LogP contribution in [0, 0.1) is 10.1 Å². The molecule has 1 aromatic rings. The van der Waals surface area contributed by atoms with E-state index in [1.54, 1.807) is 6.07 Å². The van der Waals surface area contributed by atoms with Gasteiger partial charge in [0.25, 0.3) is 5.69 Å². The van der Waals surface area contributed by atoms with Crippen LogP contribution in [0.5, 0.6) is 0 Å². The quantitative estimate of drug-likeness (QED) is 0.263. The number of benzene rings is 1. The molecule has 0 aliphatic heterocycles. The van der Waals surface area contributed by atoms with Crippen molar-refractivity contribution in [1.82, 2.24) is 0 Å². The van der Waals surface area contributed by atoms with Crippen LogP contribution in [0.25, 0.3) is 0 Å². The molecule has 0 amide bonds. The topological polar surface area (TPSA) is 89.4 Å². The number of aliphatic hydroxyl groups is 1. The van der Waals surface area contributed by atoms with Gasteiger partial charge in [0.2, 0.25) is 0 Å². The molecule has 0 heterocycles. The Labute approximate surface area is 91.4 Å². The summed E-state index contributed by atoms with van der Waals surface area (Å²) in [4.78, 5) is 10.8. The summed E-state index contributed by atoms with van der Waals surface area (Å²) in [5, 5.41) is 19.0. The first-order chi connectivity index (χ1) is 7.15. The van der Waals surface area contributed by atoms with Crippen LogP contribution < -0.4 is 5.73 Å². The predicted octanol–water partition coefficient (Wildman–Crippen LogP) is 1.65. The van der Waals surface area contributed by atoms with E-state index in [1.165, 1.54) is 23.9 Å². The molecular weight excluding hydrogens is 216 g/mol. The highest BCUT2D eigenvalue weighted by atomic mass is 32.2. The second-order valence-corrected chi connectivity index (χ2v) is 4.04. The molecule has 0 unspecified atom stereocenters. The molecule has 15 heavy (non-hydrogen) atoms. The van der Waals surface area contributed by atoms with Gasteiger partial charge in [-0.15, -0.1) is 11.8 Å². The van der Waals surface area contributed by atoms with E-state index in [1.807, 2.05) is 0 Å². The first-order valence-electron chi connectivity index (χ1n) is 4.42. The third-order valence-corrected chi connectivity index (χ3v) is 2.94. The summed E-state index contributed by atoms with van der Waals surface area (Å²) in [5.74, 6) is 0.749. The number of nitrogens with zero attached hydrogens (tertiary/aromatic N) is 1. The number of thioether (sulfide) groups is 1. The molecule has 0 atom stereocenters. The minimum Gasteiger partial charge on any atom is -0.398 e. The van der Waals surface area contributed by atoms with E-state index in [4.69, 9.17) is 10.8 Å². The summed E-state index contributed by atoms with van der Waals surface area (Å²) in [5.41, 5.74) is 6.06.